The molecule has 0 saturated carbocycles. The summed E-state index contributed by atoms with van der Waals surface area (Å²) in [6.45, 7) is 1.47. The molecule has 0 fully saturated rings. The molecule has 0 saturated heterocycles. The number of anilines is 2. The number of benzene rings is 2. The van der Waals surface area contributed by atoms with Crippen molar-refractivity contribution in [2.75, 3.05) is 10.6 Å². The van der Waals surface area contributed by atoms with E-state index in [0.29, 0.717) is 10.7 Å². The first-order chi connectivity index (χ1) is 17.0. The van der Waals surface area contributed by atoms with Crippen LogP contribution in [0.15, 0.2) is 89.4 Å². The Morgan fingerprint density at radius 2 is 1.77 bits per heavy atom. The fourth-order valence-electron chi connectivity index (χ4n) is 3.48. The summed E-state index contributed by atoms with van der Waals surface area (Å²) in [5.74, 6) is 0.430. The van der Waals surface area contributed by atoms with Crippen molar-refractivity contribution < 1.29 is 9.59 Å². The Balaban J connectivity index is 1.18. The summed E-state index contributed by atoms with van der Waals surface area (Å²) < 4.78 is 2.01. The van der Waals surface area contributed by atoms with E-state index in [-0.39, 0.29) is 11.8 Å². The zero-order valence-electron chi connectivity index (χ0n) is 18.8. The van der Waals surface area contributed by atoms with Gasteiger partial charge in [0.15, 0.2) is 5.13 Å². The first-order valence-electron chi connectivity index (χ1n) is 10.8. The third-order valence-electron chi connectivity index (χ3n) is 5.14. The number of fused-ring (bicyclic) bond motifs is 1. The Morgan fingerprint density at radius 1 is 0.971 bits per heavy atom. The number of hydrogen-bond acceptors (Lipinski definition) is 6. The van der Waals surface area contributed by atoms with Crippen LogP contribution in [-0.4, -0.2) is 26.2 Å². The average molecular weight is 500 g/mol. The van der Waals surface area contributed by atoms with Gasteiger partial charge < -0.3 is 9.72 Å². The van der Waals surface area contributed by atoms with Gasteiger partial charge in [0.25, 0.3) is 5.91 Å². The van der Waals surface area contributed by atoms with E-state index in [0.717, 1.165) is 38.9 Å². The second kappa shape index (κ2) is 10.1. The number of carbonyl (C=O) groups excluding carboxylic acids is 2. The number of imidazole rings is 1. The Kier molecular flexibility index (Phi) is 6.60. The first kappa shape index (κ1) is 22.8. The number of rotatable bonds is 7. The zero-order chi connectivity index (χ0) is 24.2. The summed E-state index contributed by atoms with van der Waals surface area (Å²) in [5.41, 5.74) is 4.90. The first-order valence-corrected chi connectivity index (χ1v) is 12.7. The monoisotopic (exact) mass is 499 g/mol. The number of carbonyl (C=O) groups is 2. The SMILES string of the molecule is CC(=O)Nc1ccc(-c2csc(NC(=O)c3ccc(SCc4cn5ccccc5n4)cc3)n2)cc1. The average Bonchev–Trinajstić information content (AvgIpc) is 3.50. The molecular weight excluding hydrogens is 478 g/mol. The molecule has 2 N–H and O–H groups in total. The van der Waals surface area contributed by atoms with Crippen molar-refractivity contribution in [2.24, 2.45) is 0 Å². The Hall–Kier alpha value is -3.95. The Labute approximate surface area is 210 Å². The highest BCUT2D eigenvalue weighted by atomic mass is 32.2. The lowest BCUT2D eigenvalue weighted by atomic mass is 10.1. The Morgan fingerprint density at radius 3 is 2.51 bits per heavy atom. The molecule has 0 unspecified atom stereocenters. The van der Waals surface area contributed by atoms with Gasteiger partial charge in [-0.05, 0) is 48.5 Å². The van der Waals surface area contributed by atoms with Crippen molar-refractivity contribution in [1.82, 2.24) is 14.4 Å². The van der Waals surface area contributed by atoms with Crippen molar-refractivity contribution in [3.63, 3.8) is 0 Å². The molecule has 3 aromatic heterocycles. The van der Waals surface area contributed by atoms with E-state index in [9.17, 15) is 9.59 Å². The lowest BCUT2D eigenvalue weighted by Gasteiger charge is -2.04. The third kappa shape index (κ3) is 5.59. The maximum Gasteiger partial charge on any atom is 0.257 e. The van der Waals surface area contributed by atoms with E-state index in [4.69, 9.17) is 0 Å². The maximum absolute atomic E-state index is 12.7. The molecule has 0 aliphatic rings. The second-order valence-corrected chi connectivity index (χ2v) is 9.67. The van der Waals surface area contributed by atoms with Gasteiger partial charge in [0.1, 0.15) is 5.65 Å². The van der Waals surface area contributed by atoms with Crippen LogP contribution >= 0.6 is 23.1 Å². The highest BCUT2D eigenvalue weighted by Crippen LogP contribution is 2.27. The molecule has 5 rings (SSSR count). The lowest BCUT2D eigenvalue weighted by Crippen LogP contribution is -2.11. The number of amides is 2. The molecule has 0 atom stereocenters. The van der Waals surface area contributed by atoms with Gasteiger partial charge in [-0.15, -0.1) is 23.1 Å². The molecule has 0 radical (unpaired) electrons. The highest BCUT2D eigenvalue weighted by molar-refractivity contribution is 7.98. The van der Waals surface area contributed by atoms with Crippen molar-refractivity contribution in [3.8, 4) is 11.3 Å². The van der Waals surface area contributed by atoms with E-state index in [1.807, 2.05) is 88.9 Å². The molecule has 0 aliphatic heterocycles. The fourth-order valence-corrected chi connectivity index (χ4v) is 4.97. The smallest absolute Gasteiger partial charge is 0.257 e. The molecule has 35 heavy (non-hydrogen) atoms. The van der Waals surface area contributed by atoms with Crippen molar-refractivity contribution >= 4 is 51.4 Å². The van der Waals surface area contributed by atoms with E-state index < -0.39 is 0 Å². The molecule has 5 aromatic rings. The summed E-state index contributed by atoms with van der Waals surface area (Å²) in [6, 6.07) is 20.9. The molecule has 2 aromatic carbocycles. The summed E-state index contributed by atoms with van der Waals surface area (Å²) in [6.07, 6.45) is 4.02. The van der Waals surface area contributed by atoms with Gasteiger partial charge in [0.2, 0.25) is 5.91 Å². The quantitative estimate of drug-likeness (QED) is 0.270. The minimum atomic E-state index is -0.205. The van der Waals surface area contributed by atoms with Crippen molar-refractivity contribution in [3.05, 3.63) is 95.8 Å². The number of nitrogens with one attached hydrogen (secondary N) is 2. The van der Waals surface area contributed by atoms with Gasteiger partial charge in [0, 0.05) is 52.2 Å². The van der Waals surface area contributed by atoms with E-state index >= 15 is 0 Å². The van der Waals surface area contributed by atoms with Crippen LogP contribution in [0, 0.1) is 0 Å². The maximum atomic E-state index is 12.7. The predicted octanol–water partition coefficient (Wildman–Crippen LogP) is 5.96. The van der Waals surface area contributed by atoms with Crippen LogP contribution in [0.5, 0.6) is 0 Å². The lowest BCUT2D eigenvalue weighted by molar-refractivity contribution is -0.114. The van der Waals surface area contributed by atoms with Crippen LogP contribution in [0.1, 0.15) is 23.0 Å². The highest BCUT2D eigenvalue weighted by Gasteiger charge is 2.11. The minimum absolute atomic E-state index is 0.116. The predicted molar refractivity (Wildman–Crippen MR) is 141 cm³/mol. The number of pyridine rings is 1. The van der Waals surface area contributed by atoms with E-state index in [1.165, 1.54) is 18.3 Å². The summed E-state index contributed by atoms with van der Waals surface area (Å²) in [4.78, 5) is 34.1. The standard InChI is InChI=1S/C26H21N5O2S2/c1-17(32)27-20-9-5-18(6-10-20)23-16-35-26(29-23)30-25(33)19-7-11-22(12-8-19)34-15-21-14-31-13-3-2-4-24(31)28-21/h2-14,16H,15H2,1H3,(H,27,32)(H,29,30,33). The molecule has 9 heteroatoms. The molecule has 0 spiro atoms. The summed E-state index contributed by atoms with van der Waals surface area (Å²) >= 11 is 3.04. The summed E-state index contributed by atoms with van der Waals surface area (Å²) in [7, 11) is 0. The van der Waals surface area contributed by atoms with Crippen molar-refractivity contribution in [2.45, 2.75) is 17.6 Å². The molecular formula is C26H21N5O2S2. The summed E-state index contributed by atoms with van der Waals surface area (Å²) in [5, 5.41) is 8.03. The molecule has 3 heterocycles. The number of thioether (sulfide) groups is 1. The minimum Gasteiger partial charge on any atom is -0.326 e. The van der Waals surface area contributed by atoms with E-state index in [1.54, 1.807) is 11.8 Å². The third-order valence-corrected chi connectivity index (χ3v) is 6.95. The fraction of sp³-hybridized carbons (Fsp3) is 0.0769. The van der Waals surface area contributed by atoms with Gasteiger partial charge in [-0.3, -0.25) is 14.9 Å². The van der Waals surface area contributed by atoms with Gasteiger partial charge in [0.05, 0.1) is 11.4 Å². The number of thiazole rings is 1. The number of nitrogens with zero attached hydrogens (tertiary/aromatic N) is 3. The van der Waals surface area contributed by atoms with Gasteiger partial charge in [-0.1, -0.05) is 18.2 Å². The van der Waals surface area contributed by atoms with Crippen LogP contribution in [0.4, 0.5) is 10.8 Å². The van der Waals surface area contributed by atoms with Crippen LogP contribution in [0.2, 0.25) is 0 Å². The van der Waals surface area contributed by atoms with Gasteiger partial charge in [-0.2, -0.15) is 0 Å². The van der Waals surface area contributed by atoms with Gasteiger partial charge >= 0.3 is 0 Å². The van der Waals surface area contributed by atoms with Crippen LogP contribution in [0.25, 0.3) is 16.9 Å². The number of aromatic nitrogens is 3. The molecule has 0 aliphatic carbocycles. The van der Waals surface area contributed by atoms with Gasteiger partial charge in [-0.25, -0.2) is 9.97 Å². The van der Waals surface area contributed by atoms with Crippen molar-refractivity contribution in [1.29, 1.82) is 0 Å². The number of hydrogen-bond donors (Lipinski definition) is 2. The zero-order valence-corrected chi connectivity index (χ0v) is 20.4. The van der Waals surface area contributed by atoms with Crippen LogP contribution in [-0.2, 0) is 10.5 Å². The molecule has 2 amide bonds. The van der Waals surface area contributed by atoms with Crippen LogP contribution in [0.3, 0.4) is 0 Å². The second-order valence-electron chi connectivity index (χ2n) is 7.76. The van der Waals surface area contributed by atoms with E-state index in [2.05, 4.69) is 20.6 Å². The largest absolute Gasteiger partial charge is 0.326 e. The Bertz CT molecular complexity index is 1460. The molecule has 174 valence electrons. The normalized spacial score (nSPS) is 10.9. The van der Waals surface area contributed by atoms with Crippen LogP contribution < -0.4 is 10.6 Å². The molecule has 0 bridgehead atoms. The molecule has 7 nitrogen and oxygen atoms in total. The topological polar surface area (TPSA) is 88.4 Å².